The summed E-state index contributed by atoms with van der Waals surface area (Å²) in [5.74, 6) is 0.468. The Bertz CT molecular complexity index is 3200. The molecule has 0 fully saturated rings. The first kappa shape index (κ1) is 31.1. The number of hydrogen-bond acceptors (Lipinski definition) is 4. The molecule has 10 aromatic rings. The van der Waals surface area contributed by atoms with E-state index in [-0.39, 0.29) is 5.41 Å². The lowest BCUT2D eigenvalue weighted by Gasteiger charge is -2.27. The molecule has 0 saturated carbocycles. The molecule has 0 N–H and O–H groups in total. The van der Waals surface area contributed by atoms with E-state index in [1.165, 1.54) is 73.7 Å². The fourth-order valence-corrected chi connectivity index (χ4v) is 12.5. The van der Waals surface area contributed by atoms with Crippen LogP contribution in [0, 0.1) is 0 Å². The van der Waals surface area contributed by atoms with Gasteiger partial charge in [-0.3, -0.25) is 0 Å². The number of rotatable bonds is 2. The minimum Gasteiger partial charge on any atom is -0.440 e. The average molecular weight is 753 g/mol. The summed E-state index contributed by atoms with van der Waals surface area (Å²) in [6.45, 7) is 4.63. The molecule has 13 rings (SSSR count). The summed E-state index contributed by atoms with van der Waals surface area (Å²) >= 11 is 3.73. The van der Waals surface area contributed by atoms with Gasteiger partial charge in [-0.25, -0.2) is 0 Å². The van der Waals surface area contributed by atoms with E-state index >= 15 is 0 Å². The molecule has 8 aromatic carbocycles. The van der Waals surface area contributed by atoms with Gasteiger partial charge in [0.2, 0.25) is 0 Å². The summed E-state index contributed by atoms with van der Waals surface area (Å²) in [4.78, 5) is 0. The van der Waals surface area contributed by atoms with Crippen LogP contribution in [0.5, 0.6) is 11.5 Å². The topological polar surface area (TPSA) is 18.5 Å². The second-order valence-corrected chi connectivity index (χ2v) is 18.0. The zero-order chi connectivity index (χ0) is 36.9. The van der Waals surface area contributed by atoms with Crippen molar-refractivity contribution in [1.82, 2.24) is 0 Å². The second-order valence-electron chi connectivity index (χ2n) is 15.9. The summed E-state index contributed by atoms with van der Waals surface area (Å²) in [5.41, 5.74) is 13.9. The Morgan fingerprint density at radius 3 is 1.54 bits per heavy atom. The summed E-state index contributed by atoms with van der Waals surface area (Å²) in [6.07, 6.45) is 0. The van der Waals surface area contributed by atoms with Crippen LogP contribution in [0.3, 0.4) is 0 Å². The first-order valence-corrected chi connectivity index (χ1v) is 20.9. The minimum atomic E-state index is -1.17. The maximum Gasteiger partial charge on any atom is 0.306 e. The molecule has 0 bridgehead atoms. The lowest BCUT2D eigenvalue weighted by Crippen LogP contribution is -2.35. The highest BCUT2D eigenvalue weighted by molar-refractivity contribution is 7.26. The monoisotopic (exact) mass is 752 g/mol. The van der Waals surface area contributed by atoms with E-state index in [4.69, 9.17) is 9.47 Å². The van der Waals surface area contributed by atoms with E-state index in [2.05, 4.69) is 172 Å². The van der Waals surface area contributed by atoms with Gasteiger partial charge in [-0.2, -0.15) is 0 Å². The molecule has 1 spiro atoms. The van der Waals surface area contributed by atoms with E-state index in [9.17, 15) is 0 Å². The normalized spacial score (nSPS) is 15.2. The number of ether oxygens (including phenoxy) is 2. The highest BCUT2D eigenvalue weighted by Crippen LogP contribution is 2.63. The van der Waals surface area contributed by atoms with Crippen molar-refractivity contribution in [3.05, 3.63) is 180 Å². The molecular formula is C52H32O2S2. The number of hydrogen-bond donors (Lipinski definition) is 0. The second kappa shape index (κ2) is 10.8. The molecule has 0 radical (unpaired) electrons. The van der Waals surface area contributed by atoms with Crippen LogP contribution in [-0.2, 0) is 11.2 Å². The molecule has 0 saturated heterocycles. The quantitative estimate of drug-likeness (QED) is 0.175. The van der Waals surface area contributed by atoms with Gasteiger partial charge in [0.15, 0.2) is 11.5 Å². The standard InChI is InChI=1S/C52H32O2S2/c1-51(2)41-18-6-3-11-33(41)38-25-26-44-48(47(38)51)54-52(53-44)42-27-29(31-14-9-16-39-36-12-4-7-19-45(36)55-49(31)39)21-23-34(42)35-24-22-30(28-43(35)52)32-15-10-17-40-37-13-5-8-20-46(37)56-50(32)40/h3-28H,1-2H3. The molecule has 1 aliphatic heterocycles. The van der Waals surface area contributed by atoms with Crippen molar-refractivity contribution in [3.8, 4) is 56.0 Å². The molecule has 4 heteroatoms. The van der Waals surface area contributed by atoms with Gasteiger partial charge in [0, 0.05) is 62.4 Å². The van der Waals surface area contributed by atoms with Crippen molar-refractivity contribution < 1.29 is 9.47 Å². The summed E-state index contributed by atoms with van der Waals surface area (Å²) in [5, 5.41) is 5.19. The largest absolute Gasteiger partial charge is 0.440 e. The lowest BCUT2D eigenvalue weighted by atomic mass is 9.82. The van der Waals surface area contributed by atoms with Crippen molar-refractivity contribution in [1.29, 1.82) is 0 Å². The first-order valence-electron chi connectivity index (χ1n) is 19.2. The molecule has 2 aliphatic carbocycles. The number of fused-ring (bicyclic) bond motifs is 16. The van der Waals surface area contributed by atoms with E-state index in [0.717, 1.165) is 44.9 Å². The van der Waals surface area contributed by atoms with Gasteiger partial charge >= 0.3 is 5.79 Å². The molecule has 3 heterocycles. The molecule has 56 heavy (non-hydrogen) atoms. The maximum atomic E-state index is 7.55. The van der Waals surface area contributed by atoms with E-state index in [1.807, 2.05) is 22.7 Å². The maximum absolute atomic E-state index is 7.55. The van der Waals surface area contributed by atoms with Crippen molar-refractivity contribution in [3.63, 3.8) is 0 Å². The third-order valence-corrected chi connectivity index (χ3v) is 15.0. The SMILES string of the molecule is CC1(C)c2ccccc2-c2ccc3c(c21)OC1(O3)c2cc(-c3cccc4c3sc3ccccc34)ccc2-c2ccc(-c3cccc4c3sc3ccccc34)cc21. The fraction of sp³-hybridized carbons (Fsp3) is 0.0769. The Balaban J connectivity index is 1.04. The smallest absolute Gasteiger partial charge is 0.306 e. The predicted octanol–water partition coefficient (Wildman–Crippen LogP) is 14.7. The highest BCUT2D eigenvalue weighted by Gasteiger charge is 2.55. The molecule has 264 valence electrons. The van der Waals surface area contributed by atoms with Crippen LogP contribution in [0.25, 0.3) is 84.9 Å². The summed E-state index contributed by atoms with van der Waals surface area (Å²) in [6, 6.07) is 57.8. The van der Waals surface area contributed by atoms with Gasteiger partial charge in [0.1, 0.15) is 0 Å². The Kier molecular flexibility index (Phi) is 5.97. The zero-order valence-electron chi connectivity index (χ0n) is 30.6. The third-order valence-electron chi connectivity index (χ3n) is 12.6. The van der Waals surface area contributed by atoms with Crippen molar-refractivity contribution in [2.75, 3.05) is 0 Å². The molecular weight excluding hydrogens is 721 g/mol. The van der Waals surface area contributed by atoms with Crippen LogP contribution >= 0.6 is 22.7 Å². The van der Waals surface area contributed by atoms with Gasteiger partial charge in [-0.15, -0.1) is 22.7 Å². The molecule has 0 amide bonds. The third kappa shape index (κ3) is 3.90. The summed E-state index contributed by atoms with van der Waals surface area (Å²) < 4.78 is 20.1. The lowest BCUT2D eigenvalue weighted by molar-refractivity contribution is -0.0421. The zero-order valence-corrected chi connectivity index (χ0v) is 32.3. The average Bonchev–Trinajstić information content (AvgIpc) is 4.03. The van der Waals surface area contributed by atoms with Gasteiger partial charge < -0.3 is 9.47 Å². The van der Waals surface area contributed by atoms with Crippen molar-refractivity contribution in [2.45, 2.75) is 25.0 Å². The van der Waals surface area contributed by atoms with Gasteiger partial charge in [0.25, 0.3) is 0 Å². The van der Waals surface area contributed by atoms with Crippen LogP contribution in [-0.4, -0.2) is 0 Å². The number of thiophene rings is 2. The Labute approximate surface area is 331 Å². The molecule has 3 aliphatic rings. The Morgan fingerprint density at radius 1 is 0.411 bits per heavy atom. The van der Waals surface area contributed by atoms with E-state index in [0.29, 0.717) is 0 Å². The van der Waals surface area contributed by atoms with Gasteiger partial charge in [-0.1, -0.05) is 141 Å². The minimum absolute atomic E-state index is 0.256. The van der Waals surface area contributed by atoms with Gasteiger partial charge in [0.05, 0.1) is 0 Å². The Morgan fingerprint density at radius 2 is 0.911 bits per heavy atom. The molecule has 2 aromatic heterocycles. The van der Waals surface area contributed by atoms with Gasteiger partial charge in [-0.05, 0) is 80.4 Å². The molecule has 0 unspecified atom stereocenters. The molecule has 0 atom stereocenters. The predicted molar refractivity (Wildman–Crippen MR) is 235 cm³/mol. The molecule has 2 nitrogen and oxygen atoms in total. The van der Waals surface area contributed by atoms with E-state index in [1.54, 1.807) is 0 Å². The highest BCUT2D eigenvalue weighted by atomic mass is 32.1. The first-order chi connectivity index (χ1) is 27.5. The fourth-order valence-electron chi connectivity index (χ4n) is 10.1. The van der Waals surface area contributed by atoms with Crippen LogP contribution in [0.2, 0.25) is 0 Å². The number of benzene rings is 8. The van der Waals surface area contributed by atoms with Crippen LogP contribution in [0.1, 0.15) is 36.1 Å². The summed E-state index contributed by atoms with van der Waals surface area (Å²) in [7, 11) is 0. The van der Waals surface area contributed by atoms with Crippen LogP contribution in [0.4, 0.5) is 0 Å². The Hall–Kier alpha value is -6.20. The van der Waals surface area contributed by atoms with Crippen LogP contribution < -0.4 is 9.47 Å². The van der Waals surface area contributed by atoms with E-state index < -0.39 is 5.79 Å². The van der Waals surface area contributed by atoms with Crippen molar-refractivity contribution >= 4 is 63.0 Å². The van der Waals surface area contributed by atoms with Crippen molar-refractivity contribution in [2.24, 2.45) is 0 Å². The van der Waals surface area contributed by atoms with Crippen LogP contribution in [0.15, 0.2) is 158 Å².